The van der Waals surface area contributed by atoms with E-state index in [-0.39, 0.29) is 0 Å². The third-order valence-corrected chi connectivity index (χ3v) is 3.40. The summed E-state index contributed by atoms with van der Waals surface area (Å²) < 4.78 is 0. The predicted molar refractivity (Wildman–Crippen MR) is 63.1 cm³/mol. The number of nitrogens with two attached hydrogens (primary N) is 1. The number of nitrogens with one attached hydrogen (secondary N) is 1. The van der Waals surface area contributed by atoms with Gasteiger partial charge in [-0.25, -0.2) is 4.98 Å². The Morgan fingerprint density at radius 1 is 1.53 bits per heavy atom. The molecule has 82 valence electrons. The zero-order valence-corrected chi connectivity index (χ0v) is 9.59. The molecule has 1 aliphatic carbocycles. The van der Waals surface area contributed by atoms with Crippen LogP contribution in [0.4, 0.5) is 5.82 Å². The Hall–Kier alpha value is -0.800. The summed E-state index contributed by atoms with van der Waals surface area (Å²) in [5.74, 6) is 1.13. The molecular weight excluding hydrogens is 210 g/mol. The topological polar surface area (TPSA) is 50.9 Å². The summed E-state index contributed by atoms with van der Waals surface area (Å²) in [6, 6.07) is 2.56. The molecule has 2 rings (SSSR count). The number of nitrogen functional groups attached to an aromatic ring is 1. The lowest BCUT2D eigenvalue weighted by atomic mass is 9.98. The van der Waals surface area contributed by atoms with Gasteiger partial charge in [-0.3, -0.25) is 0 Å². The SMILES string of the molecule is CNC1CCC(c2cc(Cl)cnc2N)C1. The van der Waals surface area contributed by atoms with Crippen LogP contribution in [0.15, 0.2) is 12.3 Å². The Kier molecular flexibility index (Phi) is 3.12. The van der Waals surface area contributed by atoms with Crippen LogP contribution in [0.1, 0.15) is 30.7 Å². The van der Waals surface area contributed by atoms with Crippen molar-refractivity contribution in [1.29, 1.82) is 0 Å². The van der Waals surface area contributed by atoms with Gasteiger partial charge in [-0.1, -0.05) is 11.6 Å². The molecule has 1 aromatic heterocycles. The van der Waals surface area contributed by atoms with Gasteiger partial charge in [-0.15, -0.1) is 0 Å². The fourth-order valence-electron chi connectivity index (χ4n) is 2.32. The monoisotopic (exact) mass is 225 g/mol. The molecule has 1 fully saturated rings. The normalized spacial score (nSPS) is 25.7. The molecule has 1 heterocycles. The zero-order chi connectivity index (χ0) is 10.8. The van der Waals surface area contributed by atoms with Gasteiger partial charge >= 0.3 is 0 Å². The second kappa shape index (κ2) is 4.37. The first-order valence-electron chi connectivity index (χ1n) is 5.29. The van der Waals surface area contributed by atoms with Crippen LogP contribution >= 0.6 is 11.6 Å². The Balaban J connectivity index is 2.19. The van der Waals surface area contributed by atoms with Gasteiger partial charge in [0.2, 0.25) is 0 Å². The third kappa shape index (κ3) is 2.24. The van der Waals surface area contributed by atoms with Crippen LogP contribution in [0.2, 0.25) is 5.02 Å². The first-order valence-corrected chi connectivity index (χ1v) is 5.66. The van der Waals surface area contributed by atoms with Crippen LogP contribution < -0.4 is 11.1 Å². The van der Waals surface area contributed by atoms with E-state index in [0.29, 0.717) is 22.8 Å². The largest absolute Gasteiger partial charge is 0.383 e. The first-order chi connectivity index (χ1) is 7.20. The van der Waals surface area contributed by atoms with Gasteiger partial charge in [0.15, 0.2) is 0 Å². The number of nitrogens with zero attached hydrogens (tertiary/aromatic N) is 1. The van der Waals surface area contributed by atoms with Crippen molar-refractivity contribution in [2.45, 2.75) is 31.2 Å². The number of hydrogen-bond donors (Lipinski definition) is 2. The van der Waals surface area contributed by atoms with Crippen LogP contribution in [-0.4, -0.2) is 18.1 Å². The van der Waals surface area contributed by atoms with Gasteiger partial charge < -0.3 is 11.1 Å². The fraction of sp³-hybridized carbons (Fsp3) is 0.545. The van der Waals surface area contributed by atoms with Crippen LogP contribution in [0.5, 0.6) is 0 Å². The summed E-state index contributed by atoms with van der Waals surface area (Å²) in [5.41, 5.74) is 6.98. The molecule has 0 aliphatic heterocycles. The summed E-state index contributed by atoms with van der Waals surface area (Å²) in [6.45, 7) is 0. The van der Waals surface area contributed by atoms with Gasteiger partial charge in [0.1, 0.15) is 5.82 Å². The Labute approximate surface area is 95.0 Å². The molecule has 0 amide bonds. The van der Waals surface area contributed by atoms with E-state index in [1.54, 1.807) is 6.20 Å². The van der Waals surface area contributed by atoms with Crippen molar-refractivity contribution in [2.24, 2.45) is 0 Å². The molecular formula is C11H16ClN3. The van der Waals surface area contributed by atoms with E-state index in [1.807, 2.05) is 13.1 Å². The second-order valence-corrected chi connectivity index (χ2v) is 4.56. The molecule has 1 saturated carbocycles. The summed E-state index contributed by atoms with van der Waals surface area (Å²) in [4.78, 5) is 4.10. The van der Waals surface area contributed by atoms with Gasteiger partial charge in [0.25, 0.3) is 0 Å². The smallest absolute Gasteiger partial charge is 0.126 e. The Morgan fingerprint density at radius 3 is 3.00 bits per heavy atom. The highest BCUT2D eigenvalue weighted by molar-refractivity contribution is 6.30. The van der Waals surface area contributed by atoms with Crippen LogP contribution in [0.3, 0.4) is 0 Å². The summed E-state index contributed by atoms with van der Waals surface area (Å²) in [7, 11) is 2.01. The minimum atomic E-state index is 0.508. The average molecular weight is 226 g/mol. The van der Waals surface area contributed by atoms with Crippen molar-refractivity contribution in [1.82, 2.24) is 10.3 Å². The molecule has 0 aromatic carbocycles. The maximum absolute atomic E-state index is 5.93. The minimum absolute atomic E-state index is 0.508. The average Bonchev–Trinajstić information content (AvgIpc) is 2.70. The molecule has 0 radical (unpaired) electrons. The molecule has 0 saturated heterocycles. The van der Waals surface area contributed by atoms with Crippen molar-refractivity contribution in [3.05, 3.63) is 22.8 Å². The van der Waals surface area contributed by atoms with Gasteiger partial charge in [-0.2, -0.15) is 0 Å². The summed E-state index contributed by atoms with van der Waals surface area (Å²) in [6.07, 6.45) is 5.10. The molecule has 1 aromatic rings. The van der Waals surface area contributed by atoms with Crippen molar-refractivity contribution in [3.63, 3.8) is 0 Å². The van der Waals surface area contributed by atoms with Crippen molar-refractivity contribution in [2.75, 3.05) is 12.8 Å². The summed E-state index contributed by atoms with van der Waals surface area (Å²) >= 11 is 5.93. The zero-order valence-electron chi connectivity index (χ0n) is 8.83. The highest BCUT2D eigenvalue weighted by Gasteiger charge is 2.26. The van der Waals surface area contributed by atoms with Crippen LogP contribution in [-0.2, 0) is 0 Å². The van der Waals surface area contributed by atoms with Crippen LogP contribution in [0.25, 0.3) is 0 Å². The Bertz CT molecular complexity index is 354. The molecule has 4 heteroatoms. The number of aromatic nitrogens is 1. The van der Waals surface area contributed by atoms with Gasteiger partial charge in [-0.05, 0) is 43.9 Å². The van der Waals surface area contributed by atoms with E-state index in [4.69, 9.17) is 17.3 Å². The number of rotatable bonds is 2. The van der Waals surface area contributed by atoms with E-state index in [2.05, 4.69) is 10.3 Å². The molecule has 2 unspecified atom stereocenters. The van der Waals surface area contributed by atoms with E-state index in [1.165, 1.54) is 6.42 Å². The predicted octanol–water partition coefficient (Wildman–Crippen LogP) is 2.17. The lowest BCUT2D eigenvalue weighted by molar-refractivity contribution is 0.572. The molecule has 2 atom stereocenters. The third-order valence-electron chi connectivity index (χ3n) is 3.20. The van der Waals surface area contributed by atoms with E-state index < -0.39 is 0 Å². The number of halogens is 1. The standard InChI is InChI=1S/C11H16ClN3/c1-14-9-3-2-7(4-9)10-5-8(12)6-15-11(10)13/h5-7,9,14H,2-4H2,1H3,(H2,13,15). The Morgan fingerprint density at radius 2 is 2.33 bits per heavy atom. The maximum Gasteiger partial charge on any atom is 0.126 e. The maximum atomic E-state index is 5.93. The lowest BCUT2D eigenvalue weighted by Crippen LogP contribution is -2.21. The van der Waals surface area contributed by atoms with Gasteiger partial charge in [0.05, 0.1) is 5.02 Å². The second-order valence-electron chi connectivity index (χ2n) is 4.12. The molecule has 15 heavy (non-hydrogen) atoms. The van der Waals surface area contributed by atoms with E-state index in [9.17, 15) is 0 Å². The molecule has 0 bridgehead atoms. The van der Waals surface area contributed by atoms with Crippen molar-refractivity contribution < 1.29 is 0 Å². The molecule has 0 spiro atoms. The number of anilines is 1. The van der Waals surface area contributed by atoms with Crippen molar-refractivity contribution in [3.8, 4) is 0 Å². The summed E-state index contributed by atoms with van der Waals surface area (Å²) in [5, 5.41) is 3.98. The van der Waals surface area contributed by atoms with Crippen molar-refractivity contribution >= 4 is 17.4 Å². The quantitative estimate of drug-likeness (QED) is 0.811. The number of pyridine rings is 1. The molecule has 3 nitrogen and oxygen atoms in total. The molecule has 3 N–H and O–H groups in total. The van der Waals surface area contributed by atoms with Gasteiger partial charge in [0, 0.05) is 12.2 Å². The molecule has 1 aliphatic rings. The van der Waals surface area contributed by atoms with E-state index >= 15 is 0 Å². The minimum Gasteiger partial charge on any atom is -0.383 e. The number of hydrogen-bond acceptors (Lipinski definition) is 3. The first kappa shape index (κ1) is 10.7. The van der Waals surface area contributed by atoms with E-state index in [0.717, 1.165) is 18.4 Å². The highest BCUT2D eigenvalue weighted by Crippen LogP contribution is 2.37. The highest BCUT2D eigenvalue weighted by atomic mass is 35.5. The fourth-order valence-corrected chi connectivity index (χ4v) is 2.49. The lowest BCUT2D eigenvalue weighted by Gasteiger charge is -2.13. The van der Waals surface area contributed by atoms with Crippen LogP contribution in [0, 0.1) is 0 Å².